The smallest absolute Gasteiger partial charge is 0.258 e. The van der Waals surface area contributed by atoms with Crippen molar-refractivity contribution >= 4 is 5.65 Å². The summed E-state index contributed by atoms with van der Waals surface area (Å²) >= 11 is 0. The van der Waals surface area contributed by atoms with Crippen molar-refractivity contribution in [3.05, 3.63) is 75.8 Å². The molecule has 0 amide bonds. The average Bonchev–Trinajstić information content (AvgIpc) is 2.63. The Labute approximate surface area is 160 Å². The molecule has 0 aliphatic carbocycles. The number of rotatable bonds is 8. The molecule has 0 N–H and O–H groups in total. The Morgan fingerprint density at radius 2 is 1.85 bits per heavy atom. The molecule has 0 aliphatic heterocycles. The SMILES string of the molecule is CCCN(Cc1ccc(OCC)cc1)Cc1cc(=O)n2ccc(C)cc2n1. The molecule has 0 radical (unpaired) electrons. The summed E-state index contributed by atoms with van der Waals surface area (Å²) in [6.45, 7) is 9.24. The Kier molecular flexibility index (Phi) is 6.24. The van der Waals surface area contributed by atoms with E-state index in [2.05, 4.69) is 24.0 Å². The number of benzene rings is 1. The van der Waals surface area contributed by atoms with Gasteiger partial charge in [-0.2, -0.15) is 0 Å². The van der Waals surface area contributed by atoms with Gasteiger partial charge >= 0.3 is 0 Å². The predicted molar refractivity (Wildman–Crippen MR) is 108 cm³/mol. The van der Waals surface area contributed by atoms with Crippen LogP contribution in [0.15, 0.2) is 53.5 Å². The van der Waals surface area contributed by atoms with E-state index in [4.69, 9.17) is 9.72 Å². The topological polar surface area (TPSA) is 46.8 Å². The molecular formula is C22H27N3O2. The molecule has 5 heteroatoms. The van der Waals surface area contributed by atoms with Gasteiger partial charge in [-0.05, 0) is 62.2 Å². The van der Waals surface area contributed by atoms with Gasteiger partial charge in [-0.25, -0.2) is 4.98 Å². The number of ether oxygens (including phenoxy) is 1. The van der Waals surface area contributed by atoms with Crippen LogP contribution in [0.4, 0.5) is 0 Å². The van der Waals surface area contributed by atoms with E-state index in [1.807, 2.05) is 38.1 Å². The summed E-state index contributed by atoms with van der Waals surface area (Å²) in [5, 5.41) is 0. The summed E-state index contributed by atoms with van der Waals surface area (Å²) in [5.41, 5.74) is 3.80. The van der Waals surface area contributed by atoms with E-state index in [1.54, 1.807) is 16.7 Å². The molecule has 1 aromatic carbocycles. The zero-order valence-corrected chi connectivity index (χ0v) is 16.3. The summed E-state index contributed by atoms with van der Waals surface area (Å²) in [6.07, 6.45) is 2.83. The molecule has 0 unspecified atom stereocenters. The molecule has 27 heavy (non-hydrogen) atoms. The molecule has 142 valence electrons. The first-order chi connectivity index (χ1) is 13.1. The van der Waals surface area contributed by atoms with Crippen molar-refractivity contribution in [3.8, 4) is 5.75 Å². The lowest BCUT2D eigenvalue weighted by Gasteiger charge is -2.21. The molecule has 0 saturated carbocycles. The van der Waals surface area contributed by atoms with Crippen LogP contribution in [0.1, 0.15) is 37.1 Å². The highest BCUT2D eigenvalue weighted by Crippen LogP contribution is 2.15. The quantitative estimate of drug-likeness (QED) is 0.609. The highest BCUT2D eigenvalue weighted by Gasteiger charge is 2.10. The van der Waals surface area contributed by atoms with Gasteiger partial charge in [0.15, 0.2) is 0 Å². The van der Waals surface area contributed by atoms with Crippen LogP contribution in [-0.4, -0.2) is 27.4 Å². The maximum atomic E-state index is 12.4. The molecule has 0 bridgehead atoms. The molecule has 0 saturated heterocycles. The van der Waals surface area contributed by atoms with E-state index in [1.165, 1.54) is 5.56 Å². The average molecular weight is 365 g/mol. The maximum absolute atomic E-state index is 12.4. The van der Waals surface area contributed by atoms with Crippen LogP contribution in [0, 0.1) is 6.92 Å². The number of hydrogen-bond donors (Lipinski definition) is 0. The van der Waals surface area contributed by atoms with Gasteiger partial charge in [0.05, 0.1) is 12.3 Å². The van der Waals surface area contributed by atoms with E-state index in [9.17, 15) is 4.79 Å². The summed E-state index contributed by atoms with van der Waals surface area (Å²) in [6, 6.07) is 13.7. The number of aryl methyl sites for hydroxylation is 1. The summed E-state index contributed by atoms with van der Waals surface area (Å²) in [7, 11) is 0. The Balaban J connectivity index is 1.79. The van der Waals surface area contributed by atoms with E-state index < -0.39 is 0 Å². The lowest BCUT2D eigenvalue weighted by atomic mass is 10.2. The van der Waals surface area contributed by atoms with Crippen molar-refractivity contribution in [1.82, 2.24) is 14.3 Å². The lowest BCUT2D eigenvalue weighted by Crippen LogP contribution is -2.26. The Bertz CT molecular complexity index is 948. The largest absolute Gasteiger partial charge is 0.494 e. The molecule has 3 rings (SSSR count). The molecule has 0 aliphatic rings. The van der Waals surface area contributed by atoms with E-state index in [-0.39, 0.29) is 5.56 Å². The highest BCUT2D eigenvalue weighted by molar-refractivity contribution is 5.41. The lowest BCUT2D eigenvalue weighted by molar-refractivity contribution is 0.254. The van der Waals surface area contributed by atoms with E-state index in [0.717, 1.165) is 36.5 Å². The van der Waals surface area contributed by atoms with Gasteiger partial charge in [0.2, 0.25) is 0 Å². The van der Waals surface area contributed by atoms with Crippen molar-refractivity contribution < 1.29 is 4.74 Å². The molecule has 5 nitrogen and oxygen atoms in total. The summed E-state index contributed by atoms with van der Waals surface area (Å²) < 4.78 is 7.10. The second-order valence-corrected chi connectivity index (χ2v) is 6.81. The summed E-state index contributed by atoms with van der Waals surface area (Å²) in [4.78, 5) is 19.4. The van der Waals surface area contributed by atoms with Crippen LogP contribution in [0.2, 0.25) is 0 Å². The molecule has 0 atom stereocenters. The van der Waals surface area contributed by atoms with Gasteiger partial charge < -0.3 is 4.74 Å². The summed E-state index contributed by atoms with van der Waals surface area (Å²) in [5.74, 6) is 0.892. The minimum atomic E-state index is -0.0347. The minimum absolute atomic E-state index is 0.0347. The van der Waals surface area contributed by atoms with Crippen molar-refractivity contribution in [1.29, 1.82) is 0 Å². The molecule has 2 aromatic heterocycles. The second-order valence-electron chi connectivity index (χ2n) is 6.81. The number of aromatic nitrogens is 2. The van der Waals surface area contributed by atoms with Crippen molar-refractivity contribution in [3.63, 3.8) is 0 Å². The van der Waals surface area contributed by atoms with Gasteiger partial charge in [-0.3, -0.25) is 14.1 Å². The molecule has 3 aromatic rings. The maximum Gasteiger partial charge on any atom is 0.258 e. The van der Waals surface area contributed by atoms with E-state index >= 15 is 0 Å². The zero-order chi connectivity index (χ0) is 19.2. The normalized spacial score (nSPS) is 11.3. The van der Waals surface area contributed by atoms with Gasteiger partial charge in [-0.1, -0.05) is 19.1 Å². The zero-order valence-electron chi connectivity index (χ0n) is 16.3. The van der Waals surface area contributed by atoms with Crippen LogP contribution in [-0.2, 0) is 13.1 Å². The van der Waals surface area contributed by atoms with Gasteiger partial charge in [0.1, 0.15) is 11.4 Å². The Morgan fingerprint density at radius 3 is 2.56 bits per heavy atom. The monoisotopic (exact) mass is 365 g/mol. The number of hydrogen-bond acceptors (Lipinski definition) is 4. The molecule has 2 heterocycles. The fraction of sp³-hybridized carbons (Fsp3) is 0.364. The number of nitrogens with zero attached hydrogens (tertiary/aromatic N) is 3. The van der Waals surface area contributed by atoms with Crippen molar-refractivity contribution in [2.45, 2.75) is 40.3 Å². The minimum Gasteiger partial charge on any atom is -0.494 e. The third-order valence-corrected chi connectivity index (χ3v) is 4.44. The highest BCUT2D eigenvalue weighted by atomic mass is 16.5. The molecule has 0 spiro atoms. The van der Waals surface area contributed by atoms with Crippen LogP contribution in [0.25, 0.3) is 5.65 Å². The first-order valence-corrected chi connectivity index (χ1v) is 9.52. The predicted octanol–water partition coefficient (Wildman–Crippen LogP) is 3.81. The Morgan fingerprint density at radius 1 is 1.07 bits per heavy atom. The third kappa shape index (κ3) is 4.95. The standard InChI is InChI=1S/C22H27N3O2/c1-4-11-24(15-18-6-8-20(9-7-18)27-5-2)16-19-14-22(26)25-12-10-17(3)13-21(25)23-19/h6-10,12-14H,4-5,11,15-16H2,1-3H3. The Hall–Kier alpha value is -2.66. The van der Waals surface area contributed by atoms with Crippen LogP contribution >= 0.6 is 0 Å². The molecular weight excluding hydrogens is 338 g/mol. The molecule has 0 fully saturated rings. The number of pyridine rings is 1. The van der Waals surface area contributed by atoms with E-state index in [0.29, 0.717) is 18.8 Å². The first kappa shape index (κ1) is 19.1. The first-order valence-electron chi connectivity index (χ1n) is 9.52. The van der Waals surface area contributed by atoms with Crippen LogP contribution < -0.4 is 10.3 Å². The van der Waals surface area contributed by atoms with Gasteiger partial charge in [0, 0.05) is 25.4 Å². The third-order valence-electron chi connectivity index (χ3n) is 4.44. The van der Waals surface area contributed by atoms with Crippen LogP contribution in [0.5, 0.6) is 5.75 Å². The van der Waals surface area contributed by atoms with Gasteiger partial charge in [0.25, 0.3) is 5.56 Å². The fourth-order valence-corrected chi connectivity index (χ4v) is 3.21. The van der Waals surface area contributed by atoms with Crippen molar-refractivity contribution in [2.75, 3.05) is 13.2 Å². The van der Waals surface area contributed by atoms with Crippen LogP contribution in [0.3, 0.4) is 0 Å². The second kappa shape index (κ2) is 8.82. The van der Waals surface area contributed by atoms with Gasteiger partial charge in [-0.15, -0.1) is 0 Å². The van der Waals surface area contributed by atoms with Crippen molar-refractivity contribution in [2.24, 2.45) is 0 Å². The fourth-order valence-electron chi connectivity index (χ4n) is 3.21. The number of fused-ring (bicyclic) bond motifs is 1.